The first-order valence-corrected chi connectivity index (χ1v) is 7.11. The Labute approximate surface area is 128 Å². The molecule has 3 rings (SSSR count). The predicted molar refractivity (Wildman–Crippen MR) is 79.4 cm³/mol. The SMILES string of the molecule is COc1ccc(Cl)cc1NC(=O)c1nn2c(C)nnc2s1. The number of aryl methyl sites for hydroxylation is 1. The summed E-state index contributed by atoms with van der Waals surface area (Å²) in [6, 6.07) is 4.98. The Hall–Kier alpha value is -2.19. The van der Waals surface area contributed by atoms with Gasteiger partial charge in [-0.3, -0.25) is 4.79 Å². The molecule has 0 aliphatic carbocycles. The number of carbonyl (C=O) groups is 1. The van der Waals surface area contributed by atoms with Crippen LogP contribution in [0.2, 0.25) is 5.02 Å². The van der Waals surface area contributed by atoms with E-state index in [4.69, 9.17) is 16.3 Å². The van der Waals surface area contributed by atoms with E-state index in [2.05, 4.69) is 20.6 Å². The molecule has 0 bridgehead atoms. The van der Waals surface area contributed by atoms with Crippen LogP contribution in [0.15, 0.2) is 18.2 Å². The summed E-state index contributed by atoms with van der Waals surface area (Å²) in [5.41, 5.74) is 0.484. The smallest absolute Gasteiger partial charge is 0.286 e. The first-order chi connectivity index (χ1) is 10.1. The number of ether oxygens (including phenoxy) is 1. The van der Waals surface area contributed by atoms with Gasteiger partial charge in [-0.25, -0.2) is 0 Å². The largest absolute Gasteiger partial charge is 0.495 e. The van der Waals surface area contributed by atoms with Crippen molar-refractivity contribution >= 4 is 39.5 Å². The molecule has 3 aromatic rings. The number of anilines is 1. The zero-order valence-electron chi connectivity index (χ0n) is 11.1. The second-order valence-corrected chi connectivity index (χ2v) is 5.54. The van der Waals surface area contributed by atoms with Crippen molar-refractivity contribution in [3.8, 4) is 5.75 Å². The summed E-state index contributed by atoms with van der Waals surface area (Å²) in [4.78, 5) is 12.8. The van der Waals surface area contributed by atoms with E-state index < -0.39 is 0 Å². The lowest BCUT2D eigenvalue weighted by atomic mass is 10.3. The molecule has 1 N–H and O–H groups in total. The Bertz CT molecular complexity index is 828. The zero-order chi connectivity index (χ0) is 15.0. The fourth-order valence-electron chi connectivity index (χ4n) is 1.76. The minimum atomic E-state index is -0.356. The number of aromatic nitrogens is 4. The number of carbonyl (C=O) groups excluding carboxylic acids is 1. The van der Waals surface area contributed by atoms with Gasteiger partial charge < -0.3 is 10.1 Å². The van der Waals surface area contributed by atoms with Crippen molar-refractivity contribution in [2.45, 2.75) is 6.92 Å². The molecular formula is C12H10ClN5O2S. The number of amides is 1. The van der Waals surface area contributed by atoms with Gasteiger partial charge in [-0.1, -0.05) is 22.9 Å². The molecule has 0 saturated carbocycles. The van der Waals surface area contributed by atoms with Gasteiger partial charge in [-0.2, -0.15) is 4.52 Å². The molecule has 0 aliphatic heterocycles. The van der Waals surface area contributed by atoms with E-state index in [1.54, 1.807) is 25.1 Å². The number of rotatable bonds is 3. The van der Waals surface area contributed by atoms with E-state index in [-0.39, 0.29) is 10.9 Å². The Balaban J connectivity index is 1.90. The monoisotopic (exact) mass is 323 g/mol. The van der Waals surface area contributed by atoms with Crippen LogP contribution in [0.25, 0.3) is 4.96 Å². The lowest BCUT2D eigenvalue weighted by Gasteiger charge is -2.09. The third-order valence-corrected chi connectivity index (χ3v) is 3.88. The fourth-order valence-corrected chi connectivity index (χ4v) is 2.71. The maximum Gasteiger partial charge on any atom is 0.286 e. The number of benzene rings is 1. The molecule has 108 valence electrons. The Kier molecular flexibility index (Phi) is 3.48. The summed E-state index contributed by atoms with van der Waals surface area (Å²) in [5, 5.41) is 15.5. The molecule has 0 saturated heterocycles. The Morgan fingerprint density at radius 3 is 2.95 bits per heavy atom. The maximum absolute atomic E-state index is 12.2. The Morgan fingerprint density at radius 2 is 2.24 bits per heavy atom. The molecule has 0 atom stereocenters. The summed E-state index contributed by atoms with van der Waals surface area (Å²) in [7, 11) is 1.52. The summed E-state index contributed by atoms with van der Waals surface area (Å²) < 4.78 is 6.70. The molecule has 21 heavy (non-hydrogen) atoms. The average molecular weight is 324 g/mol. The summed E-state index contributed by atoms with van der Waals surface area (Å²) in [6.45, 7) is 1.77. The second kappa shape index (κ2) is 5.30. The van der Waals surface area contributed by atoms with Crippen LogP contribution >= 0.6 is 22.9 Å². The third-order valence-electron chi connectivity index (χ3n) is 2.75. The van der Waals surface area contributed by atoms with Crippen molar-refractivity contribution in [1.29, 1.82) is 0 Å². The molecule has 7 nitrogen and oxygen atoms in total. The summed E-state index contributed by atoms with van der Waals surface area (Å²) in [6.07, 6.45) is 0. The van der Waals surface area contributed by atoms with Gasteiger partial charge in [0.1, 0.15) is 5.75 Å². The highest BCUT2D eigenvalue weighted by atomic mass is 35.5. The second-order valence-electron chi connectivity index (χ2n) is 4.15. The number of halogens is 1. The van der Waals surface area contributed by atoms with Crippen LogP contribution in [0.4, 0.5) is 5.69 Å². The first kappa shape index (κ1) is 13.8. The van der Waals surface area contributed by atoms with Crippen LogP contribution in [-0.4, -0.2) is 32.8 Å². The minimum absolute atomic E-state index is 0.282. The molecule has 0 fully saturated rings. The van der Waals surface area contributed by atoms with Crippen molar-refractivity contribution < 1.29 is 9.53 Å². The number of nitrogens with one attached hydrogen (secondary N) is 1. The standard InChI is InChI=1S/C12H10ClN5O2S/c1-6-15-16-12-18(6)17-11(21-12)10(19)14-8-5-7(13)3-4-9(8)20-2/h3-5H,1-2H3,(H,14,19). The van der Waals surface area contributed by atoms with Crippen LogP contribution in [-0.2, 0) is 0 Å². The summed E-state index contributed by atoms with van der Waals surface area (Å²) >= 11 is 7.08. The van der Waals surface area contributed by atoms with Gasteiger partial charge in [0.25, 0.3) is 5.91 Å². The van der Waals surface area contributed by atoms with Gasteiger partial charge in [0.05, 0.1) is 12.8 Å². The third kappa shape index (κ3) is 2.55. The minimum Gasteiger partial charge on any atom is -0.495 e. The average Bonchev–Trinajstić information content (AvgIpc) is 3.02. The van der Waals surface area contributed by atoms with E-state index in [1.165, 1.54) is 11.6 Å². The molecule has 1 aromatic carbocycles. The lowest BCUT2D eigenvalue weighted by molar-refractivity contribution is 0.102. The van der Waals surface area contributed by atoms with Gasteiger partial charge in [0.2, 0.25) is 9.97 Å². The van der Waals surface area contributed by atoms with Gasteiger partial charge in [-0.15, -0.1) is 15.3 Å². The zero-order valence-corrected chi connectivity index (χ0v) is 12.7. The number of hydrogen-bond acceptors (Lipinski definition) is 6. The van der Waals surface area contributed by atoms with E-state index in [0.717, 1.165) is 11.3 Å². The highest BCUT2D eigenvalue weighted by molar-refractivity contribution is 7.18. The predicted octanol–water partition coefficient (Wildman–Crippen LogP) is 2.41. The topological polar surface area (TPSA) is 81.4 Å². The molecule has 1 amide bonds. The fraction of sp³-hybridized carbons (Fsp3) is 0.167. The summed E-state index contributed by atoms with van der Waals surface area (Å²) in [5.74, 6) is 0.790. The first-order valence-electron chi connectivity index (χ1n) is 5.92. The van der Waals surface area contributed by atoms with E-state index in [9.17, 15) is 4.79 Å². The molecule has 2 heterocycles. The van der Waals surface area contributed by atoms with E-state index in [0.29, 0.717) is 27.2 Å². The molecule has 9 heteroatoms. The van der Waals surface area contributed by atoms with Crippen LogP contribution in [0.1, 0.15) is 15.6 Å². The number of hydrogen-bond donors (Lipinski definition) is 1. The van der Waals surface area contributed by atoms with Crippen LogP contribution in [0, 0.1) is 6.92 Å². The van der Waals surface area contributed by atoms with Crippen LogP contribution in [0.5, 0.6) is 5.75 Å². The molecule has 0 radical (unpaired) electrons. The Morgan fingerprint density at radius 1 is 1.43 bits per heavy atom. The molecule has 2 aromatic heterocycles. The normalized spacial score (nSPS) is 10.8. The van der Waals surface area contributed by atoms with Gasteiger partial charge >= 0.3 is 0 Å². The molecule has 0 spiro atoms. The quantitative estimate of drug-likeness (QED) is 0.800. The molecule has 0 unspecified atom stereocenters. The van der Waals surface area contributed by atoms with Crippen molar-refractivity contribution in [2.75, 3.05) is 12.4 Å². The van der Waals surface area contributed by atoms with Crippen LogP contribution < -0.4 is 10.1 Å². The van der Waals surface area contributed by atoms with E-state index >= 15 is 0 Å². The number of methoxy groups -OCH3 is 1. The number of nitrogens with zero attached hydrogens (tertiary/aromatic N) is 4. The highest BCUT2D eigenvalue weighted by Crippen LogP contribution is 2.28. The van der Waals surface area contributed by atoms with Crippen molar-refractivity contribution in [3.05, 3.63) is 34.1 Å². The lowest BCUT2D eigenvalue weighted by Crippen LogP contribution is -2.13. The van der Waals surface area contributed by atoms with Crippen molar-refractivity contribution in [2.24, 2.45) is 0 Å². The van der Waals surface area contributed by atoms with Crippen molar-refractivity contribution in [3.63, 3.8) is 0 Å². The van der Waals surface area contributed by atoms with Crippen molar-refractivity contribution in [1.82, 2.24) is 19.8 Å². The highest BCUT2D eigenvalue weighted by Gasteiger charge is 2.17. The number of fused-ring (bicyclic) bond motifs is 1. The molecule has 0 aliphatic rings. The van der Waals surface area contributed by atoms with Crippen LogP contribution in [0.3, 0.4) is 0 Å². The molecular weight excluding hydrogens is 314 g/mol. The van der Waals surface area contributed by atoms with E-state index in [1.807, 2.05) is 0 Å². The van der Waals surface area contributed by atoms with Gasteiger partial charge in [0, 0.05) is 5.02 Å². The van der Waals surface area contributed by atoms with Gasteiger partial charge in [-0.05, 0) is 25.1 Å². The maximum atomic E-state index is 12.2. The van der Waals surface area contributed by atoms with Gasteiger partial charge in [0.15, 0.2) is 5.82 Å².